The fourth-order valence-electron chi connectivity index (χ4n) is 2.40. The molecule has 1 fully saturated rings. The maximum absolute atomic E-state index is 13.8. The Kier molecular flexibility index (Phi) is 6.10. The first-order valence-electron chi connectivity index (χ1n) is 7.19. The van der Waals surface area contributed by atoms with E-state index in [1.54, 1.807) is 4.90 Å². The van der Waals surface area contributed by atoms with Gasteiger partial charge in [0.05, 0.1) is 5.56 Å². The van der Waals surface area contributed by atoms with Crippen LogP contribution in [0.4, 0.5) is 8.78 Å². The highest BCUT2D eigenvalue weighted by molar-refractivity contribution is 14.1. The number of benzene rings is 1. The van der Waals surface area contributed by atoms with Crippen molar-refractivity contribution in [3.8, 4) is 0 Å². The molecule has 122 valence electrons. The molecule has 0 N–H and O–H groups in total. The summed E-state index contributed by atoms with van der Waals surface area (Å²) in [5.41, 5.74) is -0.175. The third-order valence-corrected chi connectivity index (χ3v) is 4.37. The Morgan fingerprint density at radius 1 is 1.23 bits per heavy atom. The van der Waals surface area contributed by atoms with Crippen molar-refractivity contribution >= 4 is 28.5 Å². The standard InChI is InChI=1S/C15H20F2IN3O/c1-19(2)3-4-20-5-7-21(8-6-20)15(22)12-9-11(18)10-13(16)14(12)17/h9-10H,3-8H2,1-2H3. The van der Waals surface area contributed by atoms with Crippen LogP contribution >= 0.6 is 22.6 Å². The lowest BCUT2D eigenvalue weighted by atomic mass is 10.1. The minimum absolute atomic E-state index is 0.175. The van der Waals surface area contributed by atoms with Gasteiger partial charge in [-0.1, -0.05) is 0 Å². The molecule has 0 aromatic heterocycles. The smallest absolute Gasteiger partial charge is 0.257 e. The molecule has 0 saturated carbocycles. The second-order valence-electron chi connectivity index (χ2n) is 5.69. The first-order chi connectivity index (χ1) is 10.4. The van der Waals surface area contributed by atoms with Crippen LogP contribution in [0.1, 0.15) is 10.4 Å². The molecule has 1 aromatic rings. The topological polar surface area (TPSA) is 26.8 Å². The Morgan fingerprint density at radius 2 is 1.86 bits per heavy atom. The number of hydrogen-bond donors (Lipinski definition) is 0. The number of carbonyl (C=O) groups is 1. The first kappa shape index (κ1) is 17.6. The van der Waals surface area contributed by atoms with Crippen molar-refractivity contribution in [2.45, 2.75) is 0 Å². The predicted octanol–water partition coefficient (Wildman–Crippen LogP) is 1.89. The van der Waals surface area contributed by atoms with Gasteiger partial charge in [-0.15, -0.1) is 0 Å². The van der Waals surface area contributed by atoms with E-state index in [4.69, 9.17) is 0 Å². The van der Waals surface area contributed by atoms with Gasteiger partial charge < -0.3 is 9.80 Å². The van der Waals surface area contributed by atoms with Gasteiger partial charge in [-0.3, -0.25) is 9.69 Å². The summed E-state index contributed by atoms with van der Waals surface area (Å²) in [7, 11) is 4.04. The number of halogens is 3. The van der Waals surface area contributed by atoms with Crippen molar-refractivity contribution in [3.05, 3.63) is 32.9 Å². The molecule has 1 aliphatic heterocycles. The van der Waals surface area contributed by atoms with Gasteiger partial charge in [-0.2, -0.15) is 0 Å². The zero-order valence-electron chi connectivity index (χ0n) is 12.8. The minimum atomic E-state index is -1.06. The summed E-state index contributed by atoms with van der Waals surface area (Å²) in [6.07, 6.45) is 0. The van der Waals surface area contributed by atoms with Crippen molar-refractivity contribution in [2.24, 2.45) is 0 Å². The van der Waals surface area contributed by atoms with Gasteiger partial charge in [-0.05, 0) is 48.8 Å². The van der Waals surface area contributed by atoms with Crippen LogP contribution in [0.5, 0.6) is 0 Å². The van der Waals surface area contributed by atoms with E-state index in [9.17, 15) is 13.6 Å². The number of amides is 1. The Balaban J connectivity index is 1.98. The van der Waals surface area contributed by atoms with E-state index in [1.807, 2.05) is 36.7 Å². The van der Waals surface area contributed by atoms with Crippen molar-refractivity contribution < 1.29 is 13.6 Å². The van der Waals surface area contributed by atoms with Crippen LogP contribution in [0.2, 0.25) is 0 Å². The number of carbonyl (C=O) groups excluding carboxylic acids is 1. The quantitative estimate of drug-likeness (QED) is 0.547. The van der Waals surface area contributed by atoms with Gasteiger partial charge in [0.2, 0.25) is 0 Å². The second kappa shape index (κ2) is 7.65. The number of rotatable bonds is 4. The van der Waals surface area contributed by atoms with Crippen LogP contribution in [0, 0.1) is 15.2 Å². The largest absolute Gasteiger partial charge is 0.336 e. The summed E-state index contributed by atoms with van der Waals surface area (Å²) in [4.78, 5) is 18.4. The normalized spacial score (nSPS) is 16.4. The summed E-state index contributed by atoms with van der Waals surface area (Å²) in [5.74, 6) is -2.46. The number of piperazine rings is 1. The van der Waals surface area contributed by atoms with E-state index < -0.39 is 17.5 Å². The molecule has 7 heteroatoms. The molecule has 0 aliphatic carbocycles. The Labute approximate surface area is 143 Å². The molecule has 0 spiro atoms. The molecule has 1 heterocycles. The van der Waals surface area contributed by atoms with Crippen LogP contribution in [0.3, 0.4) is 0 Å². The average molecular weight is 423 g/mol. The molecule has 1 amide bonds. The fourth-order valence-corrected chi connectivity index (χ4v) is 2.98. The molecule has 0 radical (unpaired) electrons. The summed E-state index contributed by atoms with van der Waals surface area (Å²) < 4.78 is 27.8. The van der Waals surface area contributed by atoms with Crippen LogP contribution < -0.4 is 0 Å². The average Bonchev–Trinajstić information content (AvgIpc) is 2.48. The molecule has 4 nitrogen and oxygen atoms in total. The van der Waals surface area contributed by atoms with Gasteiger partial charge in [-0.25, -0.2) is 8.78 Å². The molecule has 1 aromatic carbocycles. The van der Waals surface area contributed by atoms with Gasteiger partial charge in [0.1, 0.15) is 0 Å². The van der Waals surface area contributed by atoms with Crippen LogP contribution in [-0.4, -0.2) is 74.0 Å². The molecular formula is C15H20F2IN3O. The molecular weight excluding hydrogens is 403 g/mol. The molecule has 2 rings (SSSR count). The SMILES string of the molecule is CN(C)CCN1CCN(C(=O)c2cc(I)cc(F)c2F)CC1. The van der Waals surface area contributed by atoms with Crippen molar-refractivity contribution in [3.63, 3.8) is 0 Å². The maximum atomic E-state index is 13.8. The Hall–Kier alpha value is -0.800. The Morgan fingerprint density at radius 3 is 2.45 bits per heavy atom. The minimum Gasteiger partial charge on any atom is -0.336 e. The van der Waals surface area contributed by atoms with E-state index in [0.717, 1.165) is 32.2 Å². The van der Waals surface area contributed by atoms with Gasteiger partial charge in [0, 0.05) is 42.8 Å². The van der Waals surface area contributed by atoms with Crippen molar-refractivity contribution in [1.82, 2.24) is 14.7 Å². The zero-order chi connectivity index (χ0) is 16.3. The summed E-state index contributed by atoms with van der Waals surface area (Å²) in [5, 5.41) is 0. The first-order valence-corrected chi connectivity index (χ1v) is 8.27. The number of likely N-dealkylation sites (N-methyl/N-ethyl adjacent to an activating group) is 1. The van der Waals surface area contributed by atoms with Crippen LogP contribution in [-0.2, 0) is 0 Å². The van der Waals surface area contributed by atoms with Gasteiger partial charge in [0.25, 0.3) is 5.91 Å². The molecule has 1 saturated heterocycles. The summed E-state index contributed by atoms with van der Waals surface area (Å²) in [6, 6.07) is 2.49. The number of hydrogen-bond acceptors (Lipinski definition) is 3. The van der Waals surface area contributed by atoms with Crippen molar-refractivity contribution in [1.29, 1.82) is 0 Å². The molecule has 0 bridgehead atoms. The van der Waals surface area contributed by atoms with Crippen LogP contribution in [0.15, 0.2) is 12.1 Å². The predicted molar refractivity (Wildman–Crippen MR) is 90.0 cm³/mol. The summed E-state index contributed by atoms with van der Waals surface area (Å²) in [6.45, 7) is 4.50. The zero-order valence-corrected chi connectivity index (χ0v) is 14.9. The lowest BCUT2D eigenvalue weighted by Gasteiger charge is -2.35. The second-order valence-corrected chi connectivity index (χ2v) is 6.93. The molecule has 0 unspecified atom stereocenters. The molecule has 1 aliphatic rings. The highest BCUT2D eigenvalue weighted by Crippen LogP contribution is 2.19. The van der Waals surface area contributed by atoms with E-state index in [1.165, 1.54) is 6.07 Å². The highest BCUT2D eigenvalue weighted by atomic mass is 127. The molecule has 22 heavy (non-hydrogen) atoms. The van der Waals surface area contributed by atoms with Gasteiger partial charge in [0.15, 0.2) is 11.6 Å². The number of nitrogens with zero attached hydrogens (tertiary/aromatic N) is 3. The third kappa shape index (κ3) is 4.36. The van der Waals surface area contributed by atoms with Gasteiger partial charge >= 0.3 is 0 Å². The maximum Gasteiger partial charge on any atom is 0.257 e. The van der Waals surface area contributed by atoms with Crippen LogP contribution in [0.25, 0.3) is 0 Å². The van der Waals surface area contributed by atoms with E-state index in [2.05, 4.69) is 9.80 Å². The monoisotopic (exact) mass is 423 g/mol. The highest BCUT2D eigenvalue weighted by Gasteiger charge is 2.25. The lowest BCUT2D eigenvalue weighted by Crippen LogP contribution is -2.50. The lowest BCUT2D eigenvalue weighted by molar-refractivity contribution is 0.0624. The summed E-state index contributed by atoms with van der Waals surface area (Å²) >= 11 is 1.88. The molecule has 0 atom stereocenters. The van der Waals surface area contributed by atoms with E-state index in [-0.39, 0.29) is 5.56 Å². The van der Waals surface area contributed by atoms with Crippen molar-refractivity contribution in [2.75, 3.05) is 53.4 Å². The third-order valence-electron chi connectivity index (χ3n) is 3.75. The fraction of sp³-hybridized carbons (Fsp3) is 0.533. The Bertz CT molecular complexity index is 546. The van der Waals surface area contributed by atoms with E-state index >= 15 is 0 Å². The van der Waals surface area contributed by atoms with E-state index in [0.29, 0.717) is 16.7 Å².